The van der Waals surface area contributed by atoms with E-state index in [1.165, 1.54) is 13.2 Å². The molecule has 1 heterocycles. The summed E-state index contributed by atoms with van der Waals surface area (Å²) in [5.41, 5.74) is 0.322. The number of hydrogen-bond donors (Lipinski definition) is 0. The molecule has 0 amide bonds. The maximum absolute atomic E-state index is 12.5. The maximum atomic E-state index is 12.5. The van der Waals surface area contributed by atoms with Gasteiger partial charge >= 0.3 is 5.97 Å². The lowest BCUT2D eigenvalue weighted by Crippen LogP contribution is -2.10. The lowest BCUT2D eigenvalue weighted by molar-refractivity contribution is -0.139. The van der Waals surface area contributed by atoms with Gasteiger partial charge in [-0.05, 0) is 6.07 Å². The van der Waals surface area contributed by atoms with Gasteiger partial charge in [-0.2, -0.15) is 0 Å². The molecular weight excluding hydrogens is 319 g/mol. The van der Waals surface area contributed by atoms with Gasteiger partial charge in [-0.3, -0.25) is 9.78 Å². The molecule has 0 N–H and O–H groups in total. The van der Waals surface area contributed by atoms with Crippen LogP contribution in [0.4, 0.5) is 8.78 Å². The van der Waals surface area contributed by atoms with Crippen LogP contribution in [0.15, 0.2) is 10.5 Å². The predicted molar refractivity (Wildman–Crippen MR) is 62.2 cm³/mol. The van der Waals surface area contributed by atoms with Crippen LogP contribution in [0.25, 0.3) is 0 Å². The molecular formula is C10H9BrClF2NO2. The molecule has 7 heteroatoms. The molecule has 3 nitrogen and oxygen atoms in total. The summed E-state index contributed by atoms with van der Waals surface area (Å²) in [6, 6.07) is 1.20. The number of carbonyl (C=O) groups is 1. The second-order valence-corrected chi connectivity index (χ2v) is 4.26. The molecule has 0 aliphatic heterocycles. The highest BCUT2D eigenvalue weighted by Crippen LogP contribution is 2.27. The van der Waals surface area contributed by atoms with Crippen molar-refractivity contribution in [1.29, 1.82) is 0 Å². The second kappa shape index (κ2) is 6.26. The van der Waals surface area contributed by atoms with Crippen LogP contribution in [-0.2, 0) is 21.8 Å². The van der Waals surface area contributed by atoms with Gasteiger partial charge in [0.25, 0.3) is 6.43 Å². The van der Waals surface area contributed by atoms with Gasteiger partial charge in [0.2, 0.25) is 0 Å². The first-order chi connectivity index (χ1) is 7.99. The number of hydrogen-bond acceptors (Lipinski definition) is 3. The minimum atomic E-state index is -2.70. The Bertz CT molecular complexity index is 429. The van der Waals surface area contributed by atoms with E-state index in [0.717, 1.165) is 0 Å². The fourth-order valence-corrected chi connectivity index (χ4v) is 2.28. The Balaban J connectivity index is 3.19. The lowest BCUT2D eigenvalue weighted by atomic mass is 10.1. The number of pyridine rings is 1. The van der Waals surface area contributed by atoms with E-state index in [1.54, 1.807) is 0 Å². The summed E-state index contributed by atoms with van der Waals surface area (Å²) in [4.78, 5) is 14.9. The van der Waals surface area contributed by atoms with Gasteiger partial charge in [-0.1, -0.05) is 15.9 Å². The third kappa shape index (κ3) is 3.61. The molecule has 0 aliphatic rings. The van der Waals surface area contributed by atoms with Crippen LogP contribution in [0.3, 0.4) is 0 Å². The Morgan fingerprint density at radius 2 is 2.29 bits per heavy atom. The van der Waals surface area contributed by atoms with Crippen molar-refractivity contribution in [3.63, 3.8) is 0 Å². The molecule has 0 aliphatic carbocycles. The van der Waals surface area contributed by atoms with Crippen molar-refractivity contribution < 1.29 is 18.3 Å². The van der Waals surface area contributed by atoms with Gasteiger partial charge < -0.3 is 4.74 Å². The Hall–Kier alpha value is -0.750. The summed E-state index contributed by atoms with van der Waals surface area (Å²) >= 11 is 8.81. The van der Waals surface area contributed by atoms with Crippen LogP contribution in [0, 0.1) is 0 Å². The number of halogens is 4. The van der Waals surface area contributed by atoms with Gasteiger partial charge in [-0.15, -0.1) is 11.6 Å². The predicted octanol–water partition coefficient (Wildman–Crippen LogP) is 3.24. The van der Waals surface area contributed by atoms with Crippen molar-refractivity contribution >= 4 is 33.5 Å². The Morgan fingerprint density at radius 1 is 1.65 bits per heavy atom. The molecule has 0 atom stereocenters. The molecule has 0 aromatic carbocycles. The molecule has 0 radical (unpaired) electrons. The molecule has 17 heavy (non-hydrogen) atoms. The van der Waals surface area contributed by atoms with Crippen molar-refractivity contribution in [1.82, 2.24) is 4.98 Å². The zero-order chi connectivity index (χ0) is 13.0. The summed E-state index contributed by atoms with van der Waals surface area (Å²) in [5.74, 6) is -0.481. The molecule has 1 rings (SSSR count). The highest BCUT2D eigenvalue weighted by molar-refractivity contribution is 9.10. The van der Waals surface area contributed by atoms with Crippen LogP contribution < -0.4 is 0 Å². The summed E-state index contributed by atoms with van der Waals surface area (Å²) in [5, 5.41) is 0. The average Bonchev–Trinajstić information content (AvgIpc) is 2.28. The third-order valence-corrected chi connectivity index (χ3v) is 3.05. The third-order valence-electron chi connectivity index (χ3n) is 2.07. The van der Waals surface area contributed by atoms with Gasteiger partial charge in [0.05, 0.1) is 25.1 Å². The van der Waals surface area contributed by atoms with Crippen molar-refractivity contribution in [2.75, 3.05) is 7.11 Å². The van der Waals surface area contributed by atoms with Crippen molar-refractivity contribution in [3.05, 3.63) is 27.5 Å². The first-order valence-electron chi connectivity index (χ1n) is 4.58. The highest BCUT2D eigenvalue weighted by atomic mass is 79.9. The zero-order valence-electron chi connectivity index (χ0n) is 8.84. The van der Waals surface area contributed by atoms with Crippen LogP contribution in [0.5, 0.6) is 0 Å². The molecule has 0 spiro atoms. The van der Waals surface area contributed by atoms with Gasteiger partial charge in [0.15, 0.2) is 0 Å². The van der Waals surface area contributed by atoms with Gasteiger partial charge in [0, 0.05) is 10.0 Å². The molecule has 0 saturated carbocycles. The van der Waals surface area contributed by atoms with E-state index in [2.05, 4.69) is 25.7 Å². The van der Waals surface area contributed by atoms with Crippen molar-refractivity contribution in [2.45, 2.75) is 18.7 Å². The van der Waals surface area contributed by atoms with Gasteiger partial charge in [-0.25, -0.2) is 8.78 Å². The molecule has 1 aromatic rings. The van der Waals surface area contributed by atoms with Crippen molar-refractivity contribution in [3.8, 4) is 0 Å². The molecule has 1 aromatic heterocycles. The first-order valence-corrected chi connectivity index (χ1v) is 5.91. The van der Waals surface area contributed by atoms with Crippen LogP contribution in [-0.4, -0.2) is 18.1 Å². The SMILES string of the molecule is COC(=O)Cc1nc(C(F)F)cc(Br)c1CCl. The second-order valence-electron chi connectivity index (χ2n) is 3.14. The van der Waals surface area contributed by atoms with Gasteiger partial charge in [0.1, 0.15) is 5.69 Å². The van der Waals surface area contributed by atoms with E-state index in [1.807, 2.05) is 0 Å². The number of rotatable bonds is 4. The number of aromatic nitrogens is 1. The Labute approximate surface area is 110 Å². The first kappa shape index (κ1) is 14.3. The lowest BCUT2D eigenvalue weighted by Gasteiger charge is -2.10. The highest BCUT2D eigenvalue weighted by Gasteiger charge is 2.18. The van der Waals surface area contributed by atoms with Crippen LogP contribution in [0.1, 0.15) is 23.4 Å². The average molecular weight is 329 g/mol. The minimum Gasteiger partial charge on any atom is -0.469 e. The standard InChI is InChI=1S/C10H9BrClF2NO2/c1-17-9(16)3-7-5(4-12)6(11)2-8(15-7)10(13)14/h2,10H,3-4H2,1H3. The summed E-state index contributed by atoms with van der Waals surface area (Å²) in [7, 11) is 1.22. The number of methoxy groups -OCH3 is 1. The molecule has 0 saturated heterocycles. The Morgan fingerprint density at radius 3 is 2.76 bits per heavy atom. The minimum absolute atomic E-state index is 0.0728. The fourth-order valence-electron chi connectivity index (χ4n) is 1.22. The number of alkyl halides is 3. The van der Waals surface area contributed by atoms with E-state index in [4.69, 9.17) is 11.6 Å². The number of carbonyl (C=O) groups excluding carboxylic acids is 1. The molecule has 0 unspecified atom stereocenters. The maximum Gasteiger partial charge on any atom is 0.311 e. The van der Waals surface area contributed by atoms with E-state index in [0.29, 0.717) is 10.0 Å². The van der Waals surface area contributed by atoms with E-state index >= 15 is 0 Å². The fraction of sp³-hybridized carbons (Fsp3) is 0.400. The Kier molecular flexibility index (Phi) is 5.27. The van der Waals surface area contributed by atoms with E-state index < -0.39 is 18.1 Å². The summed E-state index contributed by atoms with van der Waals surface area (Å²) < 4.78 is 30.0. The topological polar surface area (TPSA) is 39.2 Å². The summed E-state index contributed by atoms with van der Waals surface area (Å²) in [6.07, 6.45) is -2.88. The summed E-state index contributed by atoms with van der Waals surface area (Å²) in [6.45, 7) is 0. The van der Waals surface area contributed by atoms with Crippen molar-refractivity contribution in [2.24, 2.45) is 0 Å². The van der Waals surface area contributed by atoms with Crippen LogP contribution in [0.2, 0.25) is 0 Å². The van der Waals surface area contributed by atoms with Crippen LogP contribution >= 0.6 is 27.5 Å². The number of ether oxygens (including phenoxy) is 1. The number of nitrogens with zero attached hydrogens (tertiary/aromatic N) is 1. The van der Waals surface area contributed by atoms with E-state index in [9.17, 15) is 13.6 Å². The smallest absolute Gasteiger partial charge is 0.311 e. The largest absolute Gasteiger partial charge is 0.469 e. The molecule has 0 bridgehead atoms. The molecule has 0 fully saturated rings. The zero-order valence-corrected chi connectivity index (χ0v) is 11.2. The monoisotopic (exact) mass is 327 g/mol. The number of esters is 1. The molecule has 94 valence electrons. The van der Waals surface area contributed by atoms with E-state index in [-0.39, 0.29) is 18.0 Å². The quantitative estimate of drug-likeness (QED) is 0.629. The normalized spacial score (nSPS) is 10.7.